The van der Waals surface area contributed by atoms with Crippen molar-refractivity contribution < 1.29 is 27.5 Å². The number of ether oxygens (including phenoxy) is 1. The Labute approximate surface area is 114 Å². The van der Waals surface area contributed by atoms with Gasteiger partial charge < -0.3 is 4.74 Å². The van der Waals surface area contributed by atoms with E-state index in [1.54, 1.807) is 0 Å². The summed E-state index contributed by atoms with van der Waals surface area (Å²) < 4.78 is 42.9. The largest absolute Gasteiger partial charge is 0.457 e. The maximum atomic E-state index is 13.2. The third kappa shape index (κ3) is 4.36. The molecular weight excluding hydrogens is 273 g/mol. The standard InChI is InChI=1S/C14H15F3O3/c1-3-9(12(15)4-2)5-11(18)8-20-13(19)10-6-14(16,17)7-10/h3-4,10H,1-2,5-8H2/b12-9-. The lowest BCUT2D eigenvalue weighted by molar-refractivity contribution is -0.172. The van der Waals surface area contributed by atoms with Gasteiger partial charge in [-0.1, -0.05) is 19.2 Å². The number of hydrogen-bond donors (Lipinski definition) is 0. The van der Waals surface area contributed by atoms with E-state index in [9.17, 15) is 22.8 Å². The highest BCUT2D eigenvalue weighted by Gasteiger charge is 2.49. The molecule has 0 N–H and O–H groups in total. The van der Waals surface area contributed by atoms with E-state index in [4.69, 9.17) is 0 Å². The molecule has 6 heteroatoms. The topological polar surface area (TPSA) is 43.4 Å². The molecule has 0 aromatic rings. The Morgan fingerprint density at radius 2 is 1.85 bits per heavy atom. The fraction of sp³-hybridized carbons (Fsp3) is 0.429. The van der Waals surface area contributed by atoms with Crippen molar-refractivity contribution in [3.05, 3.63) is 36.7 Å². The van der Waals surface area contributed by atoms with Crippen molar-refractivity contribution in [1.82, 2.24) is 0 Å². The summed E-state index contributed by atoms with van der Waals surface area (Å²) in [6.07, 6.45) is 0.706. The first kappa shape index (κ1) is 16.2. The molecule has 1 saturated carbocycles. The Balaban J connectivity index is 2.39. The number of carbonyl (C=O) groups excluding carboxylic acids is 2. The van der Waals surface area contributed by atoms with Crippen LogP contribution in [0.4, 0.5) is 13.2 Å². The van der Waals surface area contributed by atoms with Gasteiger partial charge in [-0.2, -0.15) is 0 Å². The second-order valence-electron chi connectivity index (χ2n) is 4.57. The predicted octanol–water partition coefficient (Wildman–Crippen LogP) is 3.13. The molecule has 1 aliphatic carbocycles. The zero-order valence-corrected chi connectivity index (χ0v) is 10.8. The molecule has 0 radical (unpaired) electrons. The summed E-state index contributed by atoms with van der Waals surface area (Å²) in [5, 5.41) is 0. The summed E-state index contributed by atoms with van der Waals surface area (Å²) in [6.45, 7) is 6.01. The first-order valence-corrected chi connectivity index (χ1v) is 5.98. The monoisotopic (exact) mass is 288 g/mol. The van der Waals surface area contributed by atoms with Gasteiger partial charge in [0.25, 0.3) is 0 Å². The van der Waals surface area contributed by atoms with Crippen LogP contribution in [0.3, 0.4) is 0 Å². The van der Waals surface area contributed by atoms with Crippen LogP contribution in [0.15, 0.2) is 36.7 Å². The molecular formula is C14H15F3O3. The molecule has 0 bridgehead atoms. The molecule has 1 aliphatic rings. The molecule has 0 atom stereocenters. The quantitative estimate of drug-likeness (QED) is 0.534. The van der Waals surface area contributed by atoms with E-state index in [0.717, 1.165) is 6.08 Å². The first-order valence-electron chi connectivity index (χ1n) is 5.98. The van der Waals surface area contributed by atoms with Crippen LogP contribution in [-0.4, -0.2) is 24.3 Å². The molecule has 20 heavy (non-hydrogen) atoms. The van der Waals surface area contributed by atoms with Gasteiger partial charge in [-0.25, -0.2) is 13.2 Å². The third-order valence-corrected chi connectivity index (χ3v) is 2.92. The van der Waals surface area contributed by atoms with E-state index >= 15 is 0 Å². The molecule has 0 spiro atoms. The molecule has 0 unspecified atom stereocenters. The lowest BCUT2D eigenvalue weighted by Gasteiger charge is -2.32. The summed E-state index contributed by atoms with van der Waals surface area (Å²) in [4.78, 5) is 22.8. The number of esters is 1. The SMILES string of the molecule is C=C/C(F)=C(\C=C)CC(=O)COC(=O)C1CC(F)(F)C1. The van der Waals surface area contributed by atoms with Crippen molar-refractivity contribution in [3.8, 4) is 0 Å². The van der Waals surface area contributed by atoms with Crippen LogP contribution >= 0.6 is 0 Å². The number of ketones is 1. The van der Waals surface area contributed by atoms with Gasteiger partial charge in [0.05, 0.1) is 5.92 Å². The van der Waals surface area contributed by atoms with Gasteiger partial charge in [-0.15, -0.1) is 0 Å². The number of rotatable bonds is 7. The summed E-state index contributed by atoms with van der Waals surface area (Å²) in [5.74, 6) is -5.73. The molecule has 0 aromatic carbocycles. The Bertz CT molecular complexity index is 458. The van der Waals surface area contributed by atoms with Gasteiger partial charge in [0, 0.05) is 19.3 Å². The molecule has 0 aromatic heterocycles. The van der Waals surface area contributed by atoms with Crippen molar-refractivity contribution in [2.45, 2.75) is 25.2 Å². The van der Waals surface area contributed by atoms with Crippen LogP contribution in [0.25, 0.3) is 0 Å². The van der Waals surface area contributed by atoms with Crippen LogP contribution in [0.2, 0.25) is 0 Å². The second-order valence-corrected chi connectivity index (χ2v) is 4.57. The summed E-state index contributed by atoms with van der Waals surface area (Å²) in [5.41, 5.74) is 0.0382. The smallest absolute Gasteiger partial charge is 0.309 e. The van der Waals surface area contributed by atoms with Gasteiger partial charge in [-0.05, 0) is 11.6 Å². The van der Waals surface area contributed by atoms with Crippen LogP contribution < -0.4 is 0 Å². The lowest BCUT2D eigenvalue weighted by Crippen LogP contribution is -2.41. The molecule has 110 valence electrons. The summed E-state index contributed by atoms with van der Waals surface area (Å²) in [7, 11) is 0. The van der Waals surface area contributed by atoms with Crippen LogP contribution in [0.5, 0.6) is 0 Å². The zero-order chi connectivity index (χ0) is 15.3. The molecule has 0 amide bonds. The number of allylic oxidation sites excluding steroid dienone is 4. The fourth-order valence-corrected chi connectivity index (χ4v) is 1.75. The number of Topliss-reactive ketones (excluding diaryl/α,β-unsaturated/α-hetero) is 1. The fourth-order valence-electron chi connectivity index (χ4n) is 1.75. The normalized spacial score (nSPS) is 18.6. The van der Waals surface area contributed by atoms with Gasteiger partial charge in [0.1, 0.15) is 12.4 Å². The van der Waals surface area contributed by atoms with Gasteiger partial charge >= 0.3 is 5.97 Å². The van der Waals surface area contributed by atoms with Crippen LogP contribution in [0, 0.1) is 5.92 Å². The maximum Gasteiger partial charge on any atom is 0.309 e. The van der Waals surface area contributed by atoms with E-state index < -0.39 is 48.9 Å². The van der Waals surface area contributed by atoms with Crippen LogP contribution in [-0.2, 0) is 14.3 Å². The number of carbonyl (C=O) groups is 2. The van der Waals surface area contributed by atoms with Crippen molar-refractivity contribution >= 4 is 11.8 Å². The average Bonchev–Trinajstić information content (AvgIpc) is 2.38. The van der Waals surface area contributed by atoms with Gasteiger partial charge in [0.15, 0.2) is 5.78 Å². The molecule has 1 rings (SSSR count). The minimum atomic E-state index is -2.82. The van der Waals surface area contributed by atoms with Crippen molar-refractivity contribution in [2.75, 3.05) is 6.61 Å². The number of halogens is 3. The molecule has 0 saturated heterocycles. The van der Waals surface area contributed by atoms with Gasteiger partial charge in [0.2, 0.25) is 5.92 Å². The Hall–Kier alpha value is -1.85. The Morgan fingerprint density at radius 1 is 1.25 bits per heavy atom. The molecule has 0 heterocycles. The summed E-state index contributed by atoms with van der Waals surface area (Å²) in [6, 6.07) is 0. The zero-order valence-electron chi connectivity index (χ0n) is 10.8. The number of hydrogen-bond acceptors (Lipinski definition) is 3. The average molecular weight is 288 g/mol. The minimum absolute atomic E-state index is 0.0382. The van der Waals surface area contributed by atoms with E-state index in [1.807, 2.05) is 0 Å². The Morgan fingerprint density at radius 3 is 2.30 bits per heavy atom. The molecule has 0 aliphatic heterocycles. The molecule has 1 fully saturated rings. The minimum Gasteiger partial charge on any atom is -0.457 e. The highest BCUT2D eigenvalue weighted by molar-refractivity contribution is 5.85. The van der Waals surface area contributed by atoms with Crippen LogP contribution in [0.1, 0.15) is 19.3 Å². The van der Waals surface area contributed by atoms with Crippen molar-refractivity contribution in [2.24, 2.45) is 5.92 Å². The van der Waals surface area contributed by atoms with Gasteiger partial charge in [-0.3, -0.25) is 9.59 Å². The Kier molecular flexibility index (Phi) is 5.30. The number of alkyl halides is 2. The summed E-state index contributed by atoms with van der Waals surface area (Å²) >= 11 is 0. The highest BCUT2D eigenvalue weighted by atomic mass is 19.3. The van der Waals surface area contributed by atoms with Crippen molar-refractivity contribution in [3.63, 3.8) is 0 Å². The van der Waals surface area contributed by atoms with E-state index in [-0.39, 0.29) is 12.0 Å². The third-order valence-electron chi connectivity index (χ3n) is 2.92. The maximum absolute atomic E-state index is 13.2. The van der Waals surface area contributed by atoms with E-state index in [1.165, 1.54) is 6.08 Å². The first-order chi connectivity index (χ1) is 9.29. The lowest BCUT2D eigenvalue weighted by atomic mass is 9.81. The van der Waals surface area contributed by atoms with E-state index in [0.29, 0.717) is 0 Å². The highest BCUT2D eigenvalue weighted by Crippen LogP contribution is 2.42. The van der Waals surface area contributed by atoms with Crippen molar-refractivity contribution in [1.29, 1.82) is 0 Å². The predicted molar refractivity (Wildman–Crippen MR) is 66.8 cm³/mol. The second kappa shape index (κ2) is 6.54. The van der Waals surface area contributed by atoms with E-state index in [2.05, 4.69) is 17.9 Å². The molecule has 3 nitrogen and oxygen atoms in total.